The second-order valence-electron chi connectivity index (χ2n) is 6.12. The van der Waals surface area contributed by atoms with Crippen LogP contribution in [0.4, 0.5) is 0 Å². The highest BCUT2D eigenvalue weighted by Gasteiger charge is 2.32. The second-order valence-corrected chi connectivity index (χ2v) is 6.91. The van der Waals surface area contributed by atoms with Crippen LogP contribution in [0.2, 0.25) is 10.0 Å². The Bertz CT molecular complexity index is 940. The summed E-state index contributed by atoms with van der Waals surface area (Å²) in [7, 11) is 0. The summed E-state index contributed by atoms with van der Waals surface area (Å²) in [5.74, 6) is 0.00851. The molecule has 128 valence electrons. The Morgan fingerprint density at radius 2 is 2.00 bits per heavy atom. The van der Waals surface area contributed by atoms with E-state index in [1.54, 1.807) is 10.7 Å². The standard InChI is InChI=1S/C18H16Cl2N4O/c19-13-6-3-5-12(18(13)20)15-9-4-10-23(15)17(25)11-24-16-8-2-1-7-14(16)21-22-24/h1-3,5-8,15H,4,9-11H2. The number of benzene rings is 2. The van der Waals surface area contributed by atoms with Crippen molar-refractivity contribution in [1.82, 2.24) is 19.9 Å². The van der Waals surface area contributed by atoms with Crippen molar-refractivity contribution in [3.05, 3.63) is 58.1 Å². The molecule has 4 rings (SSSR count). The highest BCUT2D eigenvalue weighted by Crippen LogP contribution is 2.38. The number of rotatable bonds is 3. The molecular formula is C18H16Cl2N4O. The van der Waals surface area contributed by atoms with E-state index in [1.807, 2.05) is 41.3 Å². The number of carbonyl (C=O) groups excluding carboxylic acids is 1. The lowest BCUT2D eigenvalue weighted by Crippen LogP contribution is -2.33. The molecule has 1 fully saturated rings. The number of fused-ring (bicyclic) bond motifs is 1. The molecule has 3 aromatic rings. The Labute approximate surface area is 155 Å². The van der Waals surface area contributed by atoms with Crippen LogP contribution in [-0.4, -0.2) is 32.3 Å². The van der Waals surface area contributed by atoms with E-state index in [-0.39, 0.29) is 18.5 Å². The summed E-state index contributed by atoms with van der Waals surface area (Å²) in [4.78, 5) is 14.8. The molecule has 0 aliphatic carbocycles. The fraction of sp³-hybridized carbons (Fsp3) is 0.278. The van der Waals surface area contributed by atoms with Gasteiger partial charge in [0.1, 0.15) is 12.1 Å². The van der Waals surface area contributed by atoms with Gasteiger partial charge in [-0.2, -0.15) is 0 Å². The minimum absolute atomic E-state index is 0.00851. The van der Waals surface area contributed by atoms with Gasteiger partial charge in [-0.1, -0.05) is 52.7 Å². The quantitative estimate of drug-likeness (QED) is 0.693. The van der Waals surface area contributed by atoms with Crippen LogP contribution in [0, 0.1) is 0 Å². The number of likely N-dealkylation sites (tertiary alicyclic amines) is 1. The third-order valence-electron chi connectivity index (χ3n) is 4.62. The highest BCUT2D eigenvalue weighted by molar-refractivity contribution is 6.42. The number of hydrogen-bond acceptors (Lipinski definition) is 3. The molecule has 0 saturated carbocycles. The molecule has 25 heavy (non-hydrogen) atoms. The first-order valence-electron chi connectivity index (χ1n) is 8.17. The third-order valence-corrected chi connectivity index (χ3v) is 5.45. The van der Waals surface area contributed by atoms with Crippen LogP contribution < -0.4 is 0 Å². The summed E-state index contributed by atoms with van der Waals surface area (Å²) in [5, 5.41) is 9.26. The van der Waals surface area contributed by atoms with Gasteiger partial charge < -0.3 is 4.90 Å². The lowest BCUT2D eigenvalue weighted by molar-refractivity contribution is -0.132. The SMILES string of the molecule is O=C(Cn1nnc2ccccc21)N1CCCC1c1cccc(Cl)c1Cl. The number of amides is 1. The van der Waals surface area contributed by atoms with Gasteiger partial charge in [-0.05, 0) is 36.6 Å². The molecular weight excluding hydrogens is 359 g/mol. The molecule has 1 unspecified atom stereocenters. The molecule has 5 nitrogen and oxygen atoms in total. The second kappa shape index (κ2) is 6.65. The Morgan fingerprint density at radius 1 is 1.16 bits per heavy atom. The molecule has 0 bridgehead atoms. The van der Waals surface area contributed by atoms with Crippen molar-refractivity contribution >= 4 is 40.1 Å². The van der Waals surface area contributed by atoms with E-state index in [1.165, 1.54) is 0 Å². The van der Waals surface area contributed by atoms with Gasteiger partial charge in [-0.3, -0.25) is 4.79 Å². The number of nitrogens with zero attached hydrogens (tertiary/aromatic N) is 4. The van der Waals surface area contributed by atoms with Crippen LogP contribution in [-0.2, 0) is 11.3 Å². The van der Waals surface area contributed by atoms with Gasteiger partial charge in [-0.15, -0.1) is 5.10 Å². The van der Waals surface area contributed by atoms with Crippen LogP contribution in [0.1, 0.15) is 24.4 Å². The van der Waals surface area contributed by atoms with E-state index in [4.69, 9.17) is 23.2 Å². The van der Waals surface area contributed by atoms with Crippen molar-refractivity contribution < 1.29 is 4.79 Å². The number of carbonyl (C=O) groups is 1. The first-order valence-corrected chi connectivity index (χ1v) is 8.92. The maximum atomic E-state index is 12.9. The molecule has 1 amide bonds. The molecule has 1 aliphatic rings. The van der Waals surface area contributed by atoms with E-state index in [0.717, 1.165) is 29.4 Å². The molecule has 1 aliphatic heterocycles. The Kier molecular flexibility index (Phi) is 4.36. The summed E-state index contributed by atoms with van der Waals surface area (Å²) in [5.41, 5.74) is 2.54. The van der Waals surface area contributed by atoms with Gasteiger partial charge in [0, 0.05) is 6.54 Å². The van der Waals surface area contributed by atoms with Crippen LogP contribution in [0.15, 0.2) is 42.5 Å². The van der Waals surface area contributed by atoms with Crippen LogP contribution >= 0.6 is 23.2 Å². The van der Waals surface area contributed by atoms with Gasteiger partial charge >= 0.3 is 0 Å². The molecule has 2 heterocycles. The van der Waals surface area contributed by atoms with Crippen LogP contribution in [0.25, 0.3) is 11.0 Å². The van der Waals surface area contributed by atoms with Crippen molar-refractivity contribution in [1.29, 1.82) is 0 Å². The van der Waals surface area contributed by atoms with Gasteiger partial charge in [0.05, 0.1) is 21.6 Å². The summed E-state index contributed by atoms with van der Waals surface area (Å²) >= 11 is 12.5. The van der Waals surface area contributed by atoms with Gasteiger partial charge in [0.2, 0.25) is 5.91 Å². The van der Waals surface area contributed by atoms with Crippen molar-refractivity contribution in [2.75, 3.05) is 6.54 Å². The lowest BCUT2D eigenvalue weighted by Gasteiger charge is -2.26. The summed E-state index contributed by atoms with van der Waals surface area (Å²) < 4.78 is 1.65. The molecule has 2 aromatic carbocycles. The first kappa shape index (κ1) is 16.4. The predicted octanol–water partition coefficient (Wildman–Crippen LogP) is 4.10. The summed E-state index contributed by atoms with van der Waals surface area (Å²) in [6.07, 6.45) is 1.82. The van der Waals surface area contributed by atoms with Crippen LogP contribution in [0.5, 0.6) is 0 Å². The van der Waals surface area contributed by atoms with E-state index in [2.05, 4.69) is 10.3 Å². The highest BCUT2D eigenvalue weighted by atomic mass is 35.5. The normalized spacial score (nSPS) is 17.4. The third kappa shape index (κ3) is 2.98. The maximum Gasteiger partial charge on any atom is 0.244 e. The van der Waals surface area contributed by atoms with E-state index >= 15 is 0 Å². The zero-order valence-corrected chi connectivity index (χ0v) is 14.9. The topological polar surface area (TPSA) is 51.0 Å². The molecule has 1 saturated heterocycles. The fourth-order valence-electron chi connectivity index (χ4n) is 3.42. The Hall–Kier alpha value is -2.11. The maximum absolute atomic E-state index is 12.9. The monoisotopic (exact) mass is 374 g/mol. The average Bonchev–Trinajstić information content (AvgIpc) is 3.25. The predicted molar refractivity (Wildman–Crippen MR) is 97.7 cm³/mol. The van der Waals surface area contributed by atoms with Crippen molar-refractivity contribution in [2.45, 2.75) is 25.4 Å². The van der Waals surface area contributed by atoms with Gasteiger partial charge in [-0.25, -0.2) is 4.68 Å². The lowest BCUT2D eigenvalue weighted by atomic mass is 10.0. The van der Waals surface area contributed by atoms with Crippen LogP contribution in [0.3, 0.4) is 0 Å². The number of hydrogen-bond donors (Lipinski definition) is 0. The molecule has 7 heteroatoms. The molecule has 1 aromatic heterocycles. The van der Waals surface area contributed by atoms with E-state index < -0.39 is 0 Å². The number of halogens is 2. The Morgan fingerprint density at radius 3 is 2.88 bits per heavy atom. The minimum atomic E-state index is -0.0477. The fourth-order valence-corrected chi connectivity index (χ4v) is 3.85. The number of aromatic nitrogens is 3. The van der Waals surface area contributed by atoms with E-state index in [9.17, 15) is 4.79 Å². The van der Waals surface area contributed by atoms with Gasteiger partial charge in [0.25, 0.3) is 0 Å². The van der Waals surface area contributed by atoms with Crippen molar-refractivity contribution in [3.8, 4) is 0 Å². The largest absolute Gasteiger partial charge is 0.334 e. The summed E-state index contributed by atoms with van der Waals surface area (Å²) in [6.45, 7) is 0.869. The molecule has 0 radical (unpaired) electrons. The Balaban J connectivity index is 1.60. The smallest absolute Gasteiger partial charge is 0.244 e. The zero-order chi connectivity index (χ0) is 17.4. The molecule has 1 atom stereocenters. The van der Waals surface area contributed by atoms with E-state index in [0.29, 0.717) is 16.6 Å². The van der Waals surface area contributed by atoms with Crippen molar-refractivity contribution in [3.63, 3.8) is 0 Å². The first-order chi connectivity index (χ1) is 12.1. The molecule has 0 spiro atoms. The average molecular weight is 375 g/mol. The minimum Gasteiger partial charge on any atom is -0.334 e. The number of para-hydroxylation sites is 1. The zero-order valence-electron chi connectivity index (χ0n) is 13.4. The molecule has 0 N–H and O–H groups in total. The summed E-state index contributed by atoms with van der Waals surface area (Å²) in [6, 6.07) is 13.1. The van der Waals surface area contributed by atoms with Gasteiger partial charge in [0.15, 0.2) is 0 Å². The van der Waals surface area contributed by atoms with Crippen molar-refractivity contribution in [2.24, 2.45) is 0 Å².